The van der Waals surface area contributed by atoms with Crippen LogP contribution in [-0.4, -0.2) is 30.4 Å². The van der Waals surface area contributed by atoms with Crippen LogP contribution in [0.3, 0.4) is 0 Å². The maximum Gasteiger partial charge on any atom is 0.328 e. The molecule has 4 nitrogen and oxygen atoms in total. The molecule has 1 atom stereocenters. The molecule has 14 heavy (non-hydrogen) atoms. The summed E-state index contributed by atoms with van der Waals surface area (Å²) < 4.78 is 4.59. The number of esters is 1. The summed E-state index contributed by atoms with van der Waals surface area (Å²) in [4.78, 5) is 22.5. The molecule has 82 valence electrons. The first-order chi connectivity index (χ1) is 6.52. The van der Waals surface area contributed by atoms with E-state index in [9.17, 15) is 9.59 Å². The molecular formula is C9H16BrNO3. The molecule has 1 N–H and O–H groups in total. The topological polar surface area (TPSA) is 55.4 Å². The summed E-state index contributed by atoms with van der Waals surface area (Å²) in [6, 6.07) is -0.549. The molecule has 0 saturated heterocycles. The minimum absolute atomic E-state index is 0.0294. The second-order valence-electron chi connectivity index (χ2n) is 3.25. The van der Waals surface area contributed by atoms with Crippen molar-refractivity contribution in [3.05, 3.63) is 0 Å². The van der Waals surface area contributed by atoms with Crippen LogP contribution in [0.1, 0.15) is 20.3 Å². The zero-order valence-electron chi connectivity index (χ0n) is 8.67. The number of nitrogens with one attached hydrogen (secondary N) is 1. The number of ether oxygens (including phenoxy) is 1. The number of carbonyl (C=O) groups excluding carboxylic acids is 2. The van der Waals surface area contributed by atoms with Crippen molar-refractivity contribution >= 4 is 27.8 Å². The Labute approximate surface area is 92.5 Å². The lowest BCUT2D eigenvalue weighted by Crippen LogP contribution is -2.45. The summed E-state index contributed by atoms with van der Waals surface area (Å²) in [5.74, 6) is -0.518. The number of carbonyl (C=O) groups is 2. The molecule has 5 heteroatoms. The molecule has 0 aliphatic rings. The van der Waals surface area contributed by atoms with Crippen molar-refractivity contribution in [2.24, 2.45) is 5.92 Å². The van der Waals surface area contributed by atoms with Gasteiger partial charge in [-0.15, -0.1) is 0 Å². The van der Waals surface area contributed by atoms with E-state index < -0.39 is 12.0 Å². The van der Waals surface area contributed by atoms with Crippen LogP contribution in [0.5, 0.6) is 0 Å². The van der Waals surface area contributed by atoms with E-state index in [0.717, 1.165) is 0 Å². The van der Waals surface area contributed by atoms with Crippen LogP contribution in [0.15, 0.2) is 0 Å². The molecule has 0 bridgehead atoms. The molecule has 0 radical (unpaired) electrons. The first-order valence-electron chi connectivity index (χ1n) is 4.46. The van der Waals surface area contributed by atoms with Crippen molar-refractivity contribution < 1.29 is 14.3 Å². The van der Waals surface area contributed by atoms with Crippen LogP contribution in [0, 0.1) is 5.92 Å². The quantitative estimate of drug-likeness (QED) is 0.598. The van der Waals surface area contributed by atoms with Crippen LogP contribution < -0.4 is 5.32 Å². The van der Waals surface area contributed by atoms with Gasteiger partial charge in [0.05, 0.1) is 7.11 Å². The predicted molar refractivity (Wildman–Crippen MR) is 57.2 cm³/mol. The van der Waals surface area contributed by atoms with E-state index in [2.05, 4.69) is 26.0 Å². The third kappa shape index (κ3) is 4.60. The van der Waals surface area contributed by atoms with E-state index in [-0.39, 0.29) is 11.8 Å². The lowest BCUT2D eigenvalue weighted by atomic mass is 10.0. The molecule has 0 aliphatic carbocycles. The van der Waals surface area contributed by atoms with E-state index in [4.69, 9.17) is 0 Å². The van der Waals surface area contributed by atoms with E-state index in [1.807, 2.05) is 13.8 Å². The van der Waals surface area contributed by atoms with Crippen LogP contribution in [0.25, 0.3) is 0 Å². The van der Waals surface area contributed by atoms with Crippen molar-refractivity contribution in [1.82, 2.24) is 5.32 Å². The largest absolute Gasteiger partial charge is 0.467 e. The van der Waals surface area contributed by atoms with Gasteiger partial charge >= 0.3 is 5.97 Å². The Hall–Kier alpha value is -0.580. The fourth-order valence-corrected chi connectivity index (χ4v) is 1.32. The first kappa shape index (κ1) is 13.4. The Morgan fingerprint density at radius 3 is 2.36 bits per heavy atom. The van der Waals surface area contributed by atoms with Gasteiger partial charge in [0.25, 0.3) is 0 Å². The van der Waals surface area contributed by atoms with Crippen molar-refractivity contribution in [2.45, 2.75) is 26.3 Å². The minimum atomic E-state index is -0.549. The van der Waals surface area contributed by atoms with Gasteiger partial charge in [-0.1, -0.05) is 29.8 Å². The first-order valence-corrected chi connectivity index (χ1v) is 5.58. The number of halogens is 1. The van der Waals surface area contributed by atoms with Crippen LogP contribution >= 0.6 is 15.9 Å². The van der Waals surface area contributed by atoms with Crippen molar-refractivity contribution in [3.8, 4) is 0 Å². The maximum absolute atomic E-state index is 11.2. The molecule has 0 rings (SSSR count). The van der Waals surface area contributed by atoms with Gasteiger partial charge in [-0.05, 0) is 5.92 Å². The normalized spacial score (nSPS) is 12.4. The smallest absolute Gasteiger partial charge is 0.328 e. The number of hydrogen-bond acceptors (Lipinski definition) is 3. The average Bonchev–Trinajstić information content (AvgIpc) is 2.13. The van der Waals surface area contributed by atoms with E-state index in [0.29, 0.717) is 11.8 Å². The van der Waals surface area contributed by atoms with Gasteiger partial charge in [0, 0.05) is 11.8 Å². The average molecular weight is 266 g/mol. The highest BCUT2D eigenvalue weighted by molar-refractivity contribution is 9.09. The van der Waals surface area contributed by atoms with Crippen molar-refractivity contribution in [3.63, 3.8) is 0 Å². The standard InChI is InChI=1S/C9H16BrNO3/c1-6(2)8(9(13)14-3)11-7(12)4-5-10/h6,8H,4-5H2,1-3H3,(H,11,12). The maximum atomic E-state index is 11.2. The summed E-state index contributed by atoms with van der Waals surface area (Å²) in [6.07, 6.45) is 0.361. The zero-order chi connectivity index (χ0) is 11.1. The highest BCUT2D eigenvalue weighted by Gasteiger charge is 2.24. The van der Waals surface area contributed by atoms with Crippen LogP contribution in [0.4, 0.5) is 0 Å². The van der Waals surface area contributed by atoms with Gasteiger partial charge in [-0.2, -0.15) is 0 Å². The molecule has 0 aromatic rings. The monoisotopic (exact) mass is 265 g/mol. The van der Waals surface area contributed by atoms with Gasteiger partial charge in [0.15, 0.2) is 0 Å². The molecule has 0 spiro atoms. The summed E-state index contributed by atoms with van der Waals surface area (Å²) in [6.45, 7) is 3.71. The summed E-state index contributed by atoms with van der Waals surface area (Å²) >= 11 is 3.15. The summed E-state index contributed by atoms with van der Waals surface area (Å²) in [5, 5.41) is 3.21. The summed E-state index contributed by atoms with van der Waals surface area (Å²) in [5.41, 5.74) is 0. The van der Waals surface area contributed by atoms with Gasteiger partial charge < -0.3 is 10.1 Å². The fraction of sp³-hybridized carbons (Fsp3) is 0.778. The van der Waals surface area contributed by atoms with Crippen LogP contribution in [-0.2, 0) is 14.3 Å². The molecule has 0 aliphatic heterocycles. The fourth-order valence-electron chi connectivity index (χ4n) is 0.956. The molecule has 0 heterocycles. The molecule has 0 aromatic heterocycles. The Morgan fingerprint density at radius 1 is 1.43 bits per heavy atom. The SMILES string of the molecule is COC(=O)C(NC(=O)CCBr)C(C)C. The Balaban J connectivity index is 4.23. The highest BCUT2D eigenvalue weighted by Crippen LogP contribution is 2.04. The Kier molecular flexibility index (Phi) is 6.53. The molecular weight excluding hydrogens is 250 g/mol. The third-order valence-corrected chi connectivity index (χ3v) is 2.16. The van der Waals surface area contributed by atoms with Gasteiger partial charge in [-0.3, -0.25) is 4.79 Å². The Morgan fingerprint density at radius 2 is 2.00 bits per heavy atom. The number of alkyl halides is 1. The van der Waals surface area contributed by atoms with Gasteiger partial charge in [0.1, 0.15) is 6.04 Å². The second kappa shape index (κ2) is 6.81. The Bertz CT molecular complexity index is 206. The van der Waals surface area contributed by atoms with Crippen molar-refractivity contribution in [1.29, 1.82) is 0 Å². The molecule has 0 fully saturated rings. The van der Waals surface area contributed by atoms with Crippen molar-refractivity contribution in [2.75, 3.05) is 12.4 Å². The van der Waals surface area contributed by atoms with Gasteiger partial charge in [-0.25, -0.2) is 4.79 Å². The van der Waals surface area contributed by atoms with Crippen LogP contribution in [0.2, 0.25) is 0 Å². The summed E-state index contributed by atoms with van der Waals surface area (Å²) in [7, 11) is 1.31. The highest BCUT2D eigenvalue weighted by atomic mass is 79.9. The lowest BCUT2D eigenvalue weighted by molar-refractivity contribution is -0.146. The molecule has 0 saturated carbocycles. The number of rotatable bonds is 5. The van der Waals surface area contributed by atoms with Gasteiger partial charge in [0.2, 0.25) is 5.91 Å². The third-order valence-electron chi connectivity index (χ3n) is 1.76. The number of methoxy groups -OCH3 is 1. The second-order valence-corrected chi connectivity index (χ2v) is 4.04. The van der Waals surface area contributed by atoms with E-state index in [1.165, 1.54) is 7.11 Å². The van der Waals surface area contributed by atoms with E-state index in [1.54, 1.807) is 0 Å². The zero-order valence-corrected chi connectivity index (χ0v) is 10.3. The minimum Gasteiger partial charge on any atom is -0.467 e. The molecule has 1 amide bonds. The predicted octanol–water partition coefficient (Wildman–Crippen LogP) is 1.09. The molecule has 0 aromatic carbocycles. The molecule has 1 unspecified atom stereocenters. The lowest BCUT2D eigenvalue weighted by Gasteiger charge is -2.19. The number of amides is 1. The number of hydrogen-bond donors (Lipinski definition) is 1. The van der Waals surface area contributed by atoms with E-state index >= 15 is 0 Å².